The van der Waals surface area contributed by atoms with Gasteiger partial charge in [0.1, 0.15) is 12.0 Å². The van der Waals surface area contributed by atoms with Crippen LogP contribution in [0, 0.1) is 10.1 Å². The van der Waals surface area contributed by atoms with E-state index in [4.69, 9.17) is 16.0 Å². The van der Waals surface area contributed by atoms with Crippen LogP contribution in [0.15, 0.2) is 29.0 Å². The number of nitro groups is 1. The number of hydrogen-bond donors (Lipinski definition) is 1. The van der Waals surface area contributed by atoms with Crippen LogP contribution < -0.4 is 5.32 Å². The van der Waals surface area contributed by atoms with Gasteiger partial charge in [-0.15, -0.1) is 0 Å². The van der Waals surface area contributed by atoms with Crippen LogP contribution in [0.2, 0.25) is 5.28 Å². The van der Waals surface area contributed by atoms with Gasteiger partial charge >= 0.3 is 5.69 Å². The molecule has 1 atom stereocenters. The molecule has 18 heavy (non-hydrogen) atoms. The summed E-state index contributed by atoms with van der Waals surface area (Å²) in [5.74, 6) is 0.697. The van der Waals surface area contributed by atoms with E-state index in [1.165, 1.54) is 6.26 Å². The number of furan rings is 1. The molecule has 0 aliphatic rings. The Bertz CT molecular complexity index is 558. The van der Waals surface area contributed by atoms with Crippen LogP contribution in [-0.4, -0.2) is 14.9 Å². The van der Waals surface area contributed by atoms with E-state index in [2.05, 4.69) is 15.3 Å². The molecule has 2 aromatic heterocycles. The van der Waals surface area contributed by atoms with Gasteiger partial charge in [-0.3, -0.25) is 10.1 Å². The summed E-state index contributed by atoms with van der Waals surface area (Å²) in [6.07, 6.45) is 2.58. The molecule has 1 unspecified atom stereocenters. The van der Waals surface area contributed by atoms with Crippen LogP contribution in [0.4, 0.5) is 11.5 Å². The third kappa shape index (κ3) is 2.57. The van der Waals surface area contributed by atoms with Gasteiger partial charge in [0, 0.05) is 0 Å². The van der Waals surface area contributed by atoms with E-state index in [0.29, 0.717) is 5.76 Å². The lowest BCUT2D eigenvalue weighted by Gasteiger charge is -2.11. The molecule has 0 saturated heterocycles. The zero-order valence-electron chi connectivity index (χ0n) is 9.33. The molecular formula is C10H9ClN4O3. The summed E-state index contributed by atoms with van der Waals surface area (Å²) >= 11 is 5.62. The van der Waals surface area contributed by atoms with Gasteiger partial charge in [-0.1, -0.05) is 0 Å². The highest BCUT2D eigenvalue weighted by Crippen LogP contribution is 2.26. The summed E-state index contributed by atoms with van der Waals surface area (Å²) in [4.78, 5) is 17.6. The number of halogens is 1. The third-order valence-electron chi connectivity index (χ3n) is 2.26. The number of hydrogen-bond acceptors (Lipinski definition) is 6. The Morgan fingerprint density at radius 1 is 1.61 bits per heavy atom. The van der Waals surface area contributed by atoms with Crippen molar-refractivity contribution >= 4 is 23.1 Å². The SMILES string of the molecule is CC(Nc1nc(Cl)ncc1[N+](=O)[O-])c1ccco1. The second-order valence-electron chi connectivity index (χ2n) is 3.51. The van der Waals surface area contributed by atoms with Gasteiger partial charge in [0.15, 0.2) is 0 Å². The van der Waals surface area contributed by atoms with Crippen LogP contribution in [0.3, 0.4) is 0 Å². The second-order valence-corrected chi connectivity index (χ2v) is 3.85. The standard InChI is InChI=1S/C10H9ClN4O3/c1-6(8-3-2-4-18-8)13-9-7(15(16)17)5-12-10(11)14-9/h2-6H,1H3,(H,12,13,14). The summed E-state index contributed by atoms with van der Waals surface area (Å²) in [5.41, 5.74) is -0.238. The van der Waals surface area contributed by atoms with Crippen molar-refractivity contribution in [3.8, 4) is 0 Å². The van der Waals surface area contributed by atoms with Gasteiger partial charge in [-0.25, -0.2) is 4.98 Å². The first-order valence-corrected chi connectivity index (χ1v) is 5.42. The molecule has 8 heteroatoms. The first-order chi connectivity index (χ1) is 8.58. The zero-order chi connectivity index (χ0) is 13.1. The van der Waals surface area contributed by atoms with E-state index >= 15 is 0 Å². The first kappa shape index (κ1) is 12.3. The van der Waals surface area contributed by atoms with E-state index < -0.39 is 4.92 Å². The Labute approximate surface area is 107 Å². The van der Waals surface area contributed by atoms with Crippen molar-refractivity contribution in [3.05, 3.63) is 45.8 Å². The van der Waals surface area contributed by atoms with E-state index in [0.717, 1.165) is 6.20 Å². The average molecular weight is 269 g/mol. The maximum Gasteiger partial charge on any atom is 0.329 e. The van der Waals surface area contributed by atoms with Crippen molar-refractivity contribution in [3.63, 3.8) is 0 Å². The predicted octanol–water partition coefficient (Wildman–Crippen LogP) is 2.80. The summed E-state index contributed by atoms with van der Waals surface area (Å²) < 4.78 is 5.19. The summed E-state index contributed by atoms with van der Waals surface area (Å²) in [7, 11) is 0. The molecule has 0 bridgehead atoms. The molecule has 7 nitrogen and oxygen atoms in total. The smallest absolute Gasteiger partial charge is 0.329 e. The molecule has 0 fully saturated rings. The van der Waals surface area contributed by atoms with Gasteiger partial charge in [0.25, 0.3) is 0 Å². The molecule has 1 N–H and O–H groups in total. The molecule has 2 aromatic rings. The van der Waals surface area contributed by atoms with Crippen LogP contribution in [0.5, 0.6) is 0 Å². The van der Waals surface area contributed by atoms with E-state index in [1.807, 2.05) is 0 Å². The fraction of sp³-hybridized carbons (Fsp3) is 0.200. The maximum absolute atomic E-state index is 10.8. The molecule has 0 aliphatic carbocycles. The van der Waals surface area contributed by atoms with Crippen molar-refractivity contribution in [2.75, 3.05) is 5.32 Å². The highest BCUT2D eigenvalue weighted by atomic mass is 35.5. The predicted molar refractivity (Wildman–Crippen MR) is 64.4 cm³/mol. The fourth-order valence-corrected chi connectivity index (χ4v) is 1.54. The molecule has 0 aliphatic heterocycles. The Kier molecular flexibility index (Phi) is 3.42. The first-order valence-electron chi connectivity index (χ1n) is 5.05. The number of rotatable bonds is 4. The van der Waals surface area contributed by atoms with E-state index in [-0.39, 0.29) is 22.8 Å². The van der Waals surface area contributed by atoms with E-state index in [1.54, 1.807) is 19.1 Å². The van der Waals surface area contributed by atoms with E-state index in [9.17, 15) is 10.1 Å². The maximum atomic E-state index is 10.8. The Morgan fingerprint density at radius 3 is 3.00 bits per heavy atom. The van der Waals surface area contributed by atoms with Crippen LogP contribution in [0.25, 0.3) is 0 Å². The Balaban J connectivity index is 2.28. The highest BCUT2D eigenvalue weighted by Gasteiger charge is 2.19. The number of nitrogens with one attached hydrogen (secondary N) is 1. The number of nitrogens with zero attached hydrogens (tertiary/aromatic N) is 3. The average Bonchev–Trinajstić information content (AvgIpc) is 2.81. The second kappa shape index (κ2) is 5.01. The Hall–Kier alpha value is -2.15. The minimum Gasteiger partial charge on any atom is -0.467 e. The molecule has 2 rings (SSSR count). The number of anilines is 1. The molecule has 94 valence electrons. The molecular weight excluding hydrogens is 260 g/mol. The molecule has 0 spiro atoms. The lowest BCUT2D eigenvalue weighted by molar-refractivity contribution is -0.384. The normalized spacial score (nSPS) is 12.1. The van der Waals surface area contributed by atoms with Gasteiger partial charge in [-0.2, -0.15) is 4.98 Å². The quantitative estimate of drug-likeness (QED) is 0.520. The zero-order valence-corrected chi connectivity index (χ0v) is 10.1. The lowest BCUT2D eigenvalue weighted by Crippen LogP contribution is -2.09. The molecule has 0 aromatic carbocycles. The molecule has 0 radical (unpaired) electrons. The third-order valence-corrected chi connectivity index (χ3v) is 2.44. The molecule has 2 heterocycles. The van der Waals surface area contributed by atoms with Crippen molar-refractivity contribution < 1.29 is 9.34 Å². The van der Waals surface area contributed by atoms with Crippen molar-refractivity contribution in [1.82, 2.24) is 9.97 Å². The van der Waals surface area contributed by atoms with Crippen molar-refractivity contribution in [2.24, 2.45) is 0 Å². The topological polar surface area (TPSA) is 94.1 Å². The monoisotopic (exact) mass is 268 g/mol. The van der Waals surface area contributed by atoms with Crippen LogP contribution >= 0.6 is 11.6 Å². The fourth-order valence-electron chi connectivity index (χ4n) is 1.41. The summed E-state index contributed by atoms with van der Waals surface area (Å²) in [6, 6.07) is 3.21. The van der Waals surface area contributed by atoms with Gasteiger partial charge in [0.05, 0.1) is 17.2 Å². The van der Waals surface area contributed by atoms with Gasteiger partial charge in [-0.05, 0) is 30.7 Å². The van der Waals surface area contributed by atoms with Crippen molar-refractivity contribution in [1.29, 1.82) is 0 Å². The summed E-state index contributed by atoms with van der Waals surface area (Å²) in [6.45, 7) is 1.79. The van der Waals surface area contributed by atoms with Gasteiger partial charge < -0.3 is 9.73 Å². The molecule has 0 saturated carbocycles. The lowest BCUT2D eigenvalue weighted by atomic mass is 10.2. The Morgan fingerprint density at radius 2 is 2.39 bits per heavy atom. The number of aromatic nitrogens is 2. The van der Waals surface area contributed by atoms with Crippen molar-refractivity contribution in [2.45, 2.75) is 13.0 Å². The molecule has 0 amide bonds. The van der Waals surface area contributed by atoms with Crippen LogP contribution in [0.1, 0.15) is 18.7 Å². The highest BCUT2D eigenvalue weighted by molar-refractivity contribution is 6.28. The largest absolute Gasteiger partial charge is 0.467 e. The van der Waals surface area contributed by atoms with Gasteiger partial charge in [0.2, 0.25) is 11.1 Å². The summed E-state index contributed by atoms with van der Waals surface area (Å²) in [5, 5.41) is 13.6. The minimum atomic E-state index is -0.576. The van der Waals surface area contributed by atoms with Crippen LogP contribution in [-0.2, 0) is 0 Å². The minimum absolute atomic E-state index is 0.0592.